The molecule has 2 aromatic carbocycles. The van der Waals surface area contributed by atoms with Gasteiger partial charge in [0.15, 0.2) is 22.4 Å². The second kappa shape index (κ2) is 9.45. The lowest BCUT2D eigenvalue weighted by molar-refractivity contribution is -0.141. The third kappa shape index (κ3) is 4.62. The number of ether oxygens (including phenoxy) is 4. The van der Waals surface area contributed by atoms with Crippen molar-refractivity contribution in [3.05, 3.63) is 47.3 Å². The van der Waals surface area contributed by atoms with Crippen molar-refractivity contribution in [2.24, 2.45) is 4.99 Å². The maximum absolute atomic E-state index is 12.7. The maximum atomic E-state index is 12.7. The number of amides is 1. The van der Waals surface area contributed by atoms with Gasteiger partial charge in [0.05, 0.1) is 31.5 Å². The van der Waals surface area contributed by atoms with Crippen LogP contribution in [0.25, 0.3) is 10.2 Å². The van der Waals surface area contributed by atoms with Gasteiger partial charge in [-0.3, -0.25) is 9.59 Å². The van der Waals surface area contributed by atoms with Crippen molar-refractivity contribution < 1.29 is 28.5 Å². The Morgan fingerprint density at radius 3 is 2.37 bits per heavy atom. The number of methoxy groups -OCH3 is 3. The highest BCUT2D eigenvalue weighted by Crippen LogP contribution is 2.33. The number of carbonyl (C=O) groups is 2. The fourth-order valence-electron chi connectivity index (χ4n) is 2.77. The number of thiazole rings is 1. The van der Waals surface area contributed by atoms with Crippen LogP contribution in [0.15, 0.2) is 47.5 Å². The molecule has 8 nitrogen and oxygen atoms in total. The molecule has 0 aliphatic carbocycles. The molecule has 158 valence electrons. The Morgan fingerprint density at radius 2 is 1.73 bits per heavy atom. The largest absolute Gasteiger partial charge is 0.493 e. The first kappa shape index (κ1) is 21.4. The van der Waals surface area contributed by atoms with E-state index in [4.69, 9.17) is 18.9 Å². The summed E-state index contributed by atoms with van der Waals surface area (Å²) in [5, 5.41) is 0. The predicted octanol–water partition coefficient (Wildman–Crippen LogP) is 2.79. The van der Waals surface area contributed by atoms with Gasteiger partial charge in [0.25, 0.3) is 5.91 Å². The second-order valence-electron chi connectivity index (χ2n) is 6.25. The number of nitrogens with zero attached hydrogens (tertiary/aromatic N) is 2. The molecule has 0 bridgehead atoms. The first-order chi connectivity index (χ1) is 14.5. The molecule has 1 heterocycles. The monoisotopic (exact) mass is 430 g/mol. The van der Waals surface area contributed by atoms with Crippen molar-refractivity contribution in [1.29, 1.82) is 0 Å². The molecule has 0 spiro atoms. The van der Waals surface area contributed by atoms with Gasteiger partial charge < -0.3 is 23.5 Å². The van der Waals surface area contributed by atoms with E-state index in [1.807, 2.05) is 18.2 Å². The SMILES string of the molecule is COC(=O)Cn1c(=NC(=O)C(C)Oc2ccccc2)sc2cc(OC)c(OC)cc21. The van der Waals surface area contributed by atoms with E-state index < -0.39 is 18.0 Å². The molecule has 3 rings (SSSR count). The zero-order valence-electron chi connectivity index (χ0n) is 17.1. The number of hydrogen-bond acceptors (Lipinski definition) is 7. The predicted molar refractivity (Wildman–Crippen MR) is 112 cm³/mol. The van der Waals surface area contributed by atoms with Gasteiger partial charge in [-0.15, -0.1) is 0 Å². The quantitative estimate of drug-likeness (QED) is 0.536. The molecule has 9 heteroatoms. The van der Waals surface area contributed by atoms with Gasteiger partial charge in [0, 0.05) is 12.1 Å². The Labute approximate surface area is 177 Å². The topological polar surface area (TPSA) is 88.4 Å². The molecular formula is C21H22N2O6S. The van der Waals surface area contributed by atoms with Crippen molar-refractivity contribution in [3.63, 3.8) is 0 Å². The summed E-state index contributed by atoms with van der Waals surface area (Å²) in [7, 11) is 4.37. The van der Waals surface area contributed by atoms with Crippen LogP contribution >= 0.6 is 11.3 Å². The van der Waals surface area contributed by atoms with Gasteiger partial charge in [-0.2, -0.15) is 4.99 Å². The molecule has 0 fully saturated rings. The first-order valence-electron chi connectivity index (χ1n) is 9.09. The number of fused-ring (bicyclic) bond motifs is 1. The van der Waals surface area contributed by atoms with Crippen LogP contribution in [0.2, 0.25) is 0 Å². The summed E-state index contributed by atoms with van der Waals surface area (Å²) in [6.07, 6.45) is -0.798. The van der Waals surface area contributed by atoms with E-state index in [2.05, 4.69) is 4.99 Å². The fourth-order valence-corrected chi connectivity index (χ4v) is 3.81. The van der Waals surface area contributed by atoms with Gasteiger partial charge in [-0.05, 0) is 19.1 Å². The summed E-state index contributed by atoms with van der Waals surface area (Å²) in [6.45, 7) is 1.52. The highest BCUT2D eigenvalue weighted by Gasteiger charge is 2.18. The van der Waals surface area contributed by atoms with E-state index >= 15 is 0 Å². The molecule has 1 amide bonds. The summed E-state index contributed by atoms with van der Waals surface area (Å²) in [4.78, 5) is 29.2. The average molecular weight is 430 g/mol. The molecule has 0 saturated carbocycles. The minimum atomic E-state index is -0.798. The number of carbonyl (C=O) groups excluding carboxylic acids is 2. The summed E-state index contributed by atoms with van der Waals surface area (Å²) in [5.41, 5.74) is 0.672. The van der Waals surface area contributed by atoms with Crippen LogP contribution in [0.1, 0.15) is 6.92 Å². The van der Waals surface area contributed by atoms with Crippen molar-refractivity contribution in [1.82, 2.24) is 4.57 Å². The van der Waals surface area contributed by atoms with E-state index in [0.29, 0.717) is 27.6 Å². The standard InChI is InChI=1S/C21H22N2O6S/c1-13(29-14-8-6-5-7-9-14)20(25)22-21-23(12-19(24)28-4)15-10-16(26-2)17(27-3)11-18(15)30-21/h5-11,13H,12H2,1-4H3. The van der Waals surface area contributed by atoms with Crippen molar-refractivity contribution in [2.45, 2.75) is 19.6 Å². The van der Waals surface area contributed by atoms with E-state index in [1.54, 1.807) is 35.8 Å². The third-order valence-corrected chi connectivity index (χ3v) is 5.35. The molecule has 1 atom stereocenters. The molecule has 0 saturated heterocycles. The molecule has 0 N–H and O–H groups in total. The second-order valence-corrected chi connectivity index (χ2v) is 7.25. The number of aromatic nitrogens is 1. The number of para-hydroxylation sites is 1. The molecule has 0 radical (unpaired) electrons. The normalized spacial score (nSPS) is 12.5. The van der Waals surface area contributed by atoms with Gasteiger partial charge >= 0.3 is 5.97 Å². The summed E-state index contributed by atoms with van der Waals surface area (Å²) in [5.74, 6) is 0.673. The van der Waals surface area contributed by atoms with Gasteiger partial charge in [-0.1, -0.05) is 29.5 Å². The van der Waals surface area contributed by atoms with Crippen molar-refractivity contribution in [2.75, 3.05) is 21.3 Å². The number of rotatable bonds is 7. The van der Waals surface area contributed by atoms with Crippen molar-refractivity contribution in [3.8, 4) is 17.2 Å². The van der Waals surface area contributed by atoms with E-state index in [9.17, 15) is 9.59 Å². The molecular weight excluding hydrogens is 408 g/mol. The summed E-state index contributed by atoms with van der Waals surface area (Å²) >= 11 is 1.25. The Balaban J connectivity index is 2.04. The average Bonchev–Trinajstić information content (AvgIpc) is 3.08. The van der Waals surface area contributed by atoms with Crippen LogP contribution < -0.4 is 19.0 Å². The maximum Gasteiger partial charge on any atom is 0.325 e. The minimum Gasteiger partial charge on any atom is -0.493 e. The molecule has 1 unspecified atom stereocenters. The Bertz CT molecular complexity index is 1120. The molecule has 1 aromatic heterocycles. The highest BCUT2D eigenvalue weighted by molar-refractivity contribution is 7.16. The van der Waals surface area contributed by atoms with Gasteiger partial charge in [-0.25, -0.2) is 0 Å². The molecule has 0 aliphatic rings. The molecule has 0 aliphatic heterocycles. The zero-order valence-corrected chi connectivity index (χ0v) is 17.9. The fraction of sp³-hybridized carbons (Fsp3) is 0.286. The van der Waals surface area contributed by atoms with Crippen LogP contribution in [0.5, 0.6) is 17.2 Å². The Hall–Kier alpha value is -3.33. The lowest BCUT2D eigenvalue weighted by Crippen LogP contribution is -2.27. The number of esters is 1. The zero-order chi connectivity index (χ0) is 21.7. The lowest BCUT2D eigenvalue weighted by atomic mass is 10.3. The Morgan fingerprint density at radius 1 is 1.07 bits per heavy atom. The van der Waals surface area contributed by atoms with Crippen LogP contribution in [0.4, 0.5) is 0 Å². The van der Waals surface area contributed by atoms with Crippen LogP contribution in [0, 0.1) is 0 Å². The van der Waals surface area contributed by atoms with E-state index in [0.717, 1.165) is 4.70 Å². The van der Waals surface area contributed by atoms with Crippen LogP contribution in [-0.4, -0.2) is 43.9 Å². The van der Waals surface area contributed by atoms with E-state index in [1.165, 1.54) is 32.7 Å². The summed E-state index contributed by atoms with van der Waals surface area (Å²) < 4.78 is 23.5. The minimum absolute atomic E-state index is 0.105. The van der Waals surface area contributed by atoms with Crippen LogP contribution in [-0.2, 0) is 20.9 Å². The molecule has 30 heavy (non-hydrogen) atoms. The van der Waals surface area contributed by atoms with Gasteiger partial charge in [0.2, 0.25) is 0 Å². The molecule has 3 aromatic rings. The lowest BCUT2D eigenvalue weighted by Gasteiger charge is -2.11. The van der Waals surface area contributed by atoms with Crippen molar-refractivity contribution >= 4 is 33.4 Å². The van der Waals surface area contributed by atoms with Crippen LogP contribution in [0.3, 0.4) is 0 Å². The smallest absolute Gasteiger partial charge is 0.325 e. The highest BCUT2D eigenvalue weighted by atomic mass is 32.1. The number of benzene rings is 2. The number of hydrogen-bond donors (Lipinski definition) is 0. The van der Waals surface area contributed by atoms with E-state index in [-0.39, 0.29) is 6.54 Å². The summed E-state index contributed by atoms with van der Waals surface area (Å²) in [6, 6.07) is 12.5. The Kier molecular flexibility index (Phi) is 6.73. The van der Waals surface area contributed by atoms with Gasteiger partial charge in [0.1, 0.15) is 12.3 Å². The first-order valence-corrected chi connectivity index (χ1v) is 9.91. The third-order valence-electron chi connectivity index (χ3n) is 4.31.